The molecule has 0 radical (unpaired) electrons. The van der Waals surface area contributed by atoms with Crippen LogP contribution in [-0.2, 0) is 4.79 Å². The monoisotopic (exact) mass is 389 g/mol. The van der Waals surface area contributed by atoms with E-state index in [2.05, 4.69) is 10.6 Å². The second-order valence-corrected chi connectivity index (χ2v) is 6.49. The molecule has 1 saturated heterocycles. The topological polar surface area (TPSA) is 79.9 Å². The normalized spacial score (nSPS) is 16.2. The van der Waals surface area contributed by atoms with Gasteiger partial charge in [0, 0.05) is 35.4 Å². The number of anilines is 2. The molecule has 2 aromatic rings. The molecule has 2 aromatic carbocycles. The van der Waals surface area contributed by atoms with Gasteiger partial charge in [-0.1, -0.05) is 11.6 Å². The largest absolute Gasteiger partial charge is 0.493 e. The molecule has 1 unspecified atom stereocenters. The molecular weight excluding hydrogens is 370 g/mol. The fourth-order valence-electron chi connectivity index (χ4n) is 2.93. The number of nitrogens with one attached hydrogen (secondary N) is 2. The second-order valence-electron chi connectivity index (χ2n) is 6.05. The van der Waals surface area contributed by atoms with E-state index in [4.69, 9.17) is 21.1 Å². The first kappa shape index (κ1) is 18.8. The van der Waals surface area contributed by atoms with Crippen LogP contribution in [0.2, 0.25) is 5.02 Å². The predicted molar refractivity (Wildman–Crippen MR) is 104 cm³/mol. The molecule has 0 saturated carbocycles. The SMILES string of the molecule is COc1ccc(N2CC(NC(=O)Nc3ccc(Cl)cc3)CC2=O)cc1OC. The number of urea groups is 1. The highest BCUT2D eigenvalue weighted by Crippen LogP contribution is 2.33. The summed E-state index contributed by atoms with van der Waals surface area (Å²) < 4.78 is 10.5. The number of carbonyl (C=O) groups is 2. The lowest BCUT2D eigenvalue weighted by atomic mass is 10.2. The molecular formula is C19H20ClN3O4. The number of hydrogen-bond donors (Lipinski definition) is 2. The van der Waals surface area contributed by atoms with Crippen LogP contribution in [0.5, 0.6) is 11.5 Å². The van der Waals surface area contributed by atoms with Crippen molar-refractivity contribution in [2.24, 2.45) is 0 Å². The maximum Gasteiger partial charge on any atom is 0.319 e. The van der Waals surface area contributed by atoms with E-state index < -0.39 is 0 Å². The molecule has 1 aliphatic rings. The molecule has 27 heavy (non-hydrogen) atoms. The Morgan fingerprint density at radius 2 is 1.81 bits per heavy atom. The van der Waals surface area contributed by atoms with Crippen LogP contribution < -0.4 is 25.0 Å². The minimum atomic E-state index is -0.371. The zero-order valence-corrected chi connectivity index (χ0v) is 15.7. The van der Waals surface area contributed by atoms with Crippen molar-refractivity contribution in [1.29, 1.82) is 0 Å². The van der Waals surface area contributed by atoms with E-state index in [1.807, 2.05) is 0 Å². The zero-order valence-electron chi connectivity index (χ0n) is 15.0. The van der Waals surface area contributed by atoms with E-state index in [0.717, 1.165) is 0 Å². The summed E-state index contributed by atoms with van der Waals surface area (Å²) in [5.74, 6) is 1.06. The van der Waals surface area contributed by atoms with Gasteiger partial charge in [0.1, 0.15) is 0 Å². The number of rotatable bonds is 5. The molecule has 0 bridgehead atoms. The van der Waals surface area contributed by atoms with Gasteiger partial charge in [-0.05, 0) is 36.4 Å². The van der Waals surface area contributed by atoms with E-state index in [-0.39, 0.29) is 24.4 Å². The first-order valence-electron chi connectivity index (χ1n) is 8.35. The van der Waals surface area contributed by atoms with Crippen LogP contribution in [0.4, 0.5) is 16.2 Å². The lowest BCUT2D eigenvalue weighted by molar-refractivity contribution is -0.117. The molecule has 1 fully saturated rings. The first-order valence-corrected chi connectivity index (χ1v) is 8.73. The Labute approximate surface area is 162 Å². The van der Waals surface area contributed by atoms with Crippen LogP contribution in [0.3, 0.4) is 0 Å². The fraction of sp³-hybridized carbons (Fsp3) is 0.263. The molecule has 3 rings (SSSR count). The maximum absolute atomic E-state index is 12.4. The summed E-state index contributed by atoms with van der Waals surface area (Å²) in [4.78, 5) is 26.2. The number of ether oxygens (including phenoxy) is 2. The zero-order chi connectivity index (χ0) is 19.4. The quantitative estimate of drug-likeness (QED) is 0.822. The second kappa shape index (κ2) is 8.18. The van der Waals surface area contributed by atoms with Crippen LogP contribution in [0.25, 0.3) is 0 Å². The molecule has 0 aromatic heterocycles. The van der Waals surface area contributed by atoms with Gasteiger partial charge in [0.25, 0.3) is 0 Å². The Hall–Kier alpha value is -2.93. The van der Waals surface area contributed by atoms with Crippen molar-refractivity contribution in [2.75, 3.05) is 31.0 Å². The van der Waals surface area contributed by atoms with Crippen molar-refractivity contribution in [2.45, 2.75) is 12.5 Å². The van der Waals surface area contributed by atoms with Crippen molar-refractivity contribution >= 4 is 34.9 Å². The number of carbonyl (C=O) groups excluding carboxylic acids is 2. The van der Waals surface area contributed by atoms with E-state index in [9.17, 15) is 9.59 Å². The number of hydrogen-bond acceptors (Lipinski definition) is 4. The van der Waals surface area contributed by atoms with Gasteiger partial charge in [-0.15, -0.1) is 0 Å². The lowest BCUT2D eigenvalue weighted by Crippen LogP contribution is -2.39. The maximum atomic E-state index is 12.4. The van der Waals surface area contributed by atoms with Gasteiger partial charge in [-0.3, -0.25) is 4.79 Å². The number of methoxy groups -OCH3 is 2. The summed E-state index contributed by atoms with van der Waals surface area (Å²) in [5, 5.41) is 6.14. The molecule has 142 valence electrons. The third kappa shape index (κ3) is 4.43. The minimum absolute atomic E-state index is 0.0704. The standard InChI is InChI=1S/C19H20ClN3O4/c1-26-16-8-7-15(10-17(16)27-2)23-11-14(9-18(23)24)22-19(25)21-13-5-3-12(20)4-6-13/h3-8,10,14H,9,11H2,1-2H3,(H2,21,22,25). The number of halogens is 1. The summed E-state index contributed by atoms with van der Waals surface area (Å²) >= 11 is 5.83. The van der Waals surface area contributed by atoms with Crippen molar-refractivity contribution in [3.8, 4) is 11.5 Å². The molecule has 1 atom stereocenters. The van der Waals surface area contributed by atoms with Crippen molar-refractivity contribution in [1.82, 2.24) is 5.32 Å². The Kier molecular flexibility index (Phi) is 5.71. The van der Waals surface area contributed by atoms with Crippen molar-refractivity contribution < 1.29 is 19.1 Å². The van der Waals surface area contributed by atoms with E-state index in [1.54, 1.807) is 61.6 Å². The minimum Gasteiger partial charge on any atom is -0.493 e. The van der Waals surface area contributed by atoms with Gasteiger partial charge in [-0.2, -0.15) is 0 Å². The Bertz CT molecular complexity index is 841. The average Bonchev–Trinajstić information content (AvgIpc) is 3.02. The molecule has 7 nitrogen and oxygen atoms in total. The average molecular weight is 390 g/mol. The molecule has 2 N–H and O–H groups in total. The Morgan fingerprint density at radius 1 is 1.11 bits per heavy atom. The first-order chi connectivity index (χ1) is 13.0. The van der Waals surface area contributed by atoms with Crippen LogP contribution >= 0.6 is 11.6 Å². The molecule has 3 amide bonds. The van der Waals surface area contributed by atoms with E-state index >= 15 is 0 Å². The molecule has 0 spiro atoms. The highest BCUT2D eigenvalue weighted by atomic mass is 35.5. The van der Waals surface area contributed by atoms with Crippen LogP contribution in [0, 0.1) is 0 Å². The summed E-state index contributed by atoms with van der Waals surface area (Å²) in [6.45, 7) is 0.377. The lowest BCUT2D eigenvalue weighted by Gasteiger charge is -2.19. The molecule has 1 heterocycles. The van der Waals surface area contributed by atoms with Gasteiger partial charge < -0.3 is 25.0 Å². The van der Waals surface area contributed by atoms with Crippen LogP contribution in [0.15, 0.2) is 42.5 Å². The highest BCUT2D eigenvalue weighted by molar-refractivity contribution is 6.30. The van der Waals surface area contributed by atoms with Gasteiger partial charge in [-0.25, -0.2) is 4.79 Å². The third-order valence-electron chi connectivity index (χ3n) is 4.24. The smallest absolute Gasteiger partial charge is 0.319 e. The van der Waals surface area contributed by atoms with Crippen LogP contribution in [-0.4, -0.2) is 38.7 Å². The number of benzene rings is 2. The summed E-state index contributed by atoms with van der Waals surface area (Å²) in [7, 11) is 3.09. The van der Waals surface area contributed by atoms with Gasteiger partial charge in [0.05, 0.1) is 20.3 Å². The predicted octanol–water partition coefficient (Wildman–Crippen LogP) is 3.28. The summed E-state index contributed by atoms with van der Waals surface area (Å²) in [5.41, 5.74) is 1.32. The molecule has 1 aliphatic heterocycles. The van der Waals surface area contributed by atoms with Crippen LogP contribution in [0.1, 0.15) is 6.42 Å². The Balaban J connectivity index is 1.63. The van der Waals surface area contributed by atoms with Gasteiger partial charge in [0.15, 0.2) is 11.5 Å². The number of amides is 3. The summed E-state index contributed by atoms with van der Waals surface area (Å²) in [6.07, 6.45) is 0.225. The van der Waals surface area contributed by atoms with Gasteiger partial charge in [0.2, 0.25) is 5.91 Å². The van der Waals surface area contributed by atoms with E-state index in [1.165, 1.54) is 0 Å². The highest BCUT2D eigenvalue weighted by Gasteiger charge is 2.32. The molecule has 0 aliphatic carbocycles. The molecule has 8 heteroatoms. The van der Waals surface area contributed by atoms with Crippen molar-refractivity contribution in [3.63, 3.8) is 0 Å². The van der Waals surface area contributed by atoms with Crippen molar-refractivity contribution in [3.05, 3.63) is 47.5 Å². The third-order valence-corrected chi connectivity index (χ3v) is 4.49. The Morgan fingerprint density at radius 3 is 2.48 bits per heavy atom. The fourth-order valence-corrected chi connectivity index (χ4v) is 3.06. The summed E-state index contributed by atoms with van der Waals surface area (Å²) in [6, 6.07) is 11.4. The van der Waals surface area contributed by atoms with Gasteiger partial charge >= 0.3 is 6.03 Å². The van der Waals surface area contributed by atoms with E-state index in [0.29, 0.717) is 34.4 Å². The number of nitrogens with zero attached hydrogens (tertiary/aromatic N) is 1.